The molecule has 1 aliphatic heterocycles. The van der Waals surface area contributed by atoms with Crippen molar-refractivity contribution in [2.24, 2.45) is 0 Å². The average molecular weight is 381 g/mol. The fourth-order valence-corrected chi connectivity index (χ4v) is 4.17. The largest absolute Gasteiger partial charge is 0.342 e. The molecular weight excluding hydrogens is 358 g/mol. The first-order valence-corrected chi connectivity index (χ1v) is 10.2. The van der Waals surface area contributed by atoms with Gasteiger partial charge in [0.1, 0.15) is 5.82 Å². The van der Waals surface area contributed by atoms with Crippen LogP contribution in [-0.4, -0.2) is 33.9 Å². The van der Waals surface area contributed by atoms with Gasteiger partial charge in [-0.05, 0) is 48.2 Å². The van der Waals surface area contributed by atoms with Gasteiger partial charge >= 0.3 is 0 Å². The number of aromatic nitrogens is 2. The number of likely N-dealkylation sites (tertiary alicyclic amines) is 1. The number of aromatic amines is 1. The number of H-pyrrole nitrogens is 1. The van der Waals surface area contributed by atoms with Crippen LogP contribution >= 0.6 is 0 Å². The molecule has 1 N–H and O–H groups in total. The third-order valence-electron chi connectivity index (χ3n) is 5.74. The quantitative estimate of drug-likeness (QED) is 0.527. The maximum absolute atomic E-state index is 13.1. The second kappa shape index (κ2) is 7.55. The van der Waals surface area contributed by atoms with E-state index in [0.717, 1.165) is 52.9 Å². The zero-order chi connectivity index (χ0) is 19.6. The summed E-state index contributed by atoms with van der Waals surface area (Å²) in [6.45, 7) is 1.51. The topological polar surface area (TPSA) is 49.0 Å². The van der Waals surface area contributed by atoms with Gasteiger partial charge in [-0.25, -0.2) is 4.98 Å². The first kappa shape index (κ1) is 17.7. The van der Waals surface area contributed by atoms with Crippen LogP contribution in [0.2, 0.25) is 0 Å². The normalized spacial score (nSPS) is 16.8. The number of nitrogens with zero attached hydrogens (tertiary/aromatic N) is 2. The Kier molecular flexibility index (Phi) is 4.60. The maximum Gasteiger partial charge on any atom is 0.253 e. The summed E-state index contributed by atoms with van der Waals surface area (Å²) in [7, 11) is 0. The molecule has 0 aliphatic carbocycles. The summed E-state index contributed by atoms with van der Waals surface area (Å²) in [5.41, 5.74) is 5.08. The number of rotatable bonds is 3. The third kappa shape index (κ3) is 3.54. The highest BCUT2D eigenvalue weighted by molar-refractivity contribution is 5.94. The first-order valence-electron chi connectivity index (χ1n) is 10.2. The van der Waals surface area contributed by atoms with Gasteiger partial charge in [0.05, 0.1) is 11.0 Å². The standard InChI is InChI=1S/C25H23N3O/c29-25(20-14-12-19(13-15-20)18-7-2-1-3-8-18)28-16-6-9-21(17-28)24-26-22-10-4-5-11-23(22)27-24/h1-5,7-8,10-15,21H,6,9,16-17H2,(H,26,27)/t21-/m0/s1. The molecule has 1 saturated heterocycles. The molecule has 0 saturated carbocycles. The van der Waals surface area contributed by atoms with Gasteiger partial charge in [0.15, 0.2) is 0 Å². The van der Waals surface area contributed by atoms with Gasteiger partial charge in [-0.15, -0.1) is 0 Å². The van der Waals surface area contributed by atoms with Crippen molar-refractivity contribution in [3.05, 3.63) is 90.3 Å². The summed E-state index contributed by atoms with van der Waals surface area (Å²) >= 11 is 0. The summed E-state index contributed by atoms with van der Waals surface area (Å²) in [4.78, 5) is 23.3. The van der Waals surface area contributed by atoms with Crippen molar-refractivity contribution in [1.82, 2.24) is 14.9 Å². The number of carbonyl (C=O) groups excluding carboxylic acids is 1. The molecule has 1 aromatic heterocycles. The molecule has 1 aliphatic rings. The van der Waals surface area contributed by atoms with Crippen molar-refractivity contribution in [1.29, 1.82) is 0 Å². The molecule has 3 aromatic carbocycles. The molecule has 1 amide bonds. The molecular formula is C25H23N3O. The van der Waals surface area contributed by atoms with E-state index in [1.54, 1.807) is 0 Å². The molecule has 144 valence electrons. The van der Waals surface area contributed by atoms with E-state index in [-0.39, 0.29) is 11.8 Å². The Balaban J connectivity index is 1.33. The number of piperidine rings is 1. The van der Waals surface area contributed by atoms with Gasteiger partial charge in [-0.1, -0.05) is 54.6 Å². The Morgan fingerprint density at radius 3 is 2.41 bits per heavy atom. The Bertz CT molecular complexity index is 1100. The molecule has 1 atom stereocenters. The predicted octanol–water partition coefficient (Wildman–Crippen LogP) is 5.25. The highest BCUT2D eigenvalue weighted by atomic mass is 16.2. The van der Waals surface area contributed by atoms with E-state index in [2.05, 4.69) is 17.1 Å². The Labute approximate surface area is 170 Å². The molecule has 0 bridgehead atoms. The highest BCUT2D eigenvalue weighted by Gasteiger charge is 2.27. The van der Waals surface area contributed by atoms with Crippen molar-refractivity contribution in [3.8, 4) is 11.1 Å². The number of hydrogen-bond donors (Lipinski definition) is 1. The smallest absolute Gasteiger partial charge is 0.253 e. The molecule has 29 heavy (non-hydrogen) atoms. The van der Waals surface area contributed by atoms with Crippen LogP contribution in [0.25, 0.3) is 22.2 Å². The number of fused-ring (bicyclic) bond motifs is 1. The second-order valence-electron chi connectivity index (χ2n) is 7.67. The third-order valence-corrected chi connectivity index (χ3v) is 5.74. The molecule has 1 fully saturated rings. The lowest BCUT2D eigenvalue weighted by molar-refractivity contribution is 0.0705. The lowest BCUT2D eigenvalue weighted by atomic mass is 9.96. The number of imidazole rings is 1. The Morgan fingerprint density at radius 2 is 1.62 bits per heavy atom. The lowest BCUT2D eigenvalue weighted by Gasteiger charge is -2.32. The van der Waals surface area contributed by atoms with E-state index in [1.165, 1.54) is 0 Å². The fourth-order valence-electron chi connectivity index (χ4n) is 4.17. The van der Waals surface area contributed by atoms with Crippen LogP contribution < -0.4 is 0 Å². The number of para-hydroxylation sites is 2. The molecule has 2 heterocycles. The molecule has 0 spiro atoms. The average Bonchev–Trinajstić information content (AvgIpc) is 3.24. The van der Waals surface area contributed by atoms with E-state index in [4.69, 9.17) is 4.98 Å². The molecule has 4 heteroatoms. The van der Waals surface area contributed by atoms with Gasteiger partial charge < -0.3 is 9.88 Å². The van der Waals surface area contributed by atoms with Gasteiger partial charge in [0.2, 0.25) is 0 Å². The number of hydrogen-bond acceptors (Lipinski definition) is 2. The zero-order valence-corrected chi connectivity index (χ0v) is 16.2. The predicted molar refractivity (Wildman–Crippen MR) is 116 cm³/mol. The second-order valence-corrected chi connectivity index (χ2v) is 7.67. The summed E-state index contributed by atoms with van der Waals surface area (Å²) in [5.74, 6) is 1.34. The van der Waals surface area contributed by atoms with Crippen LogP contribution in [-0.2, 0) is 0 Å². The van der Waals surface area contributed by atoms with Crippen LogP contribution in [0.3, 0.4) is 0 Å². The van der Waals surface area contributed by atoms with Crippen LogP contribution in [0.5, 0.6) is 0 Å². The molecule has 4 aromatic rings. The zero-order valence-electron chi connectivity index (χ0n) is 16.2. The first-order chi connectivity index (χ1) is 14.3. The van der Waals surface area contributed by atoms with Crippen molar-refractivity contribution < 1.29 is 4.79 Å². The number of nitrogens with one attached hydrogen (secondary N) is 1. The van der Waals surface area contributed by atoms with E-state index < -0.39 is 0 Å². The minimum absolute atomic E-state index is 0.102. The van der Waals surface area contributed by atoms with E-state index in [1.807, 2.05) is 71.6 Å². The highest BCUT2D eigenvalue weighted by Crippen LogP contribution is 2.28. The summed E-state index contributed by atoms with van der Waals surface area (Å²) in [5, 5.41) is 0. The van der Waals surface area contributed by atoms with Gasteiger partial charge in [0.25, 0.3) is 5.91 Å². The number of carbonyl (C=O) groups is 1. The van der Waals surface area contributed by atoms with Crippen molar-refractivity contribution in [3.63, 3.8) is 0 Å². The molecule has 5 rings (SSSR count). The van der Waals surface area contributed by atoms with Crippen LogP contribution in [0.15, 0.2) is 78.9 Å². The minimum atomic E-state index is 0.102. The minimum Gasteiger partial charge on any atom is -0.342 e. The van der Waals surface area contributed by atoms with Crippen molar-refractivity contribution >= 4 is 16.9 Å². The van der Waals surface area contributed by atoms with Crippen molar-refractivity contribution in [2.75, 3.05) is 13.1 Å². The van der Waals surface area contributed by atoms with Gasteiger partial charge in [-0.2, -0.15) is 0 Å². The van der Waals surface area contributed by atoms with Crippen LogP contribution in [0.1, 0.15) is 34.9 Å². The Morgan fingerprint density at radius 1 is 0.897 bits per heavy atom. The van der Waals surface area contributed by atoms with Gasteiger partial charge in [0, 0.05) is 24.6 Å². The lowest BCUT2D eigenvalue weighted by Crippen LogP contribution is -2.39. The van der Waals surface area contributed by atoms with E-state index in [0.29, 0.717) is 6.54 Å². The van der Waals surface area contributed by atoms with Crippen LogP contribution in [0.4, 0.5) is 0 Å². The monoisotopic (exact) mass is 381 g/mol. The summed E-state index contributed by atoms with van der Waals surface area (Å²) in [6.07, 6.45) is 2.05. The van der Waals surface area contributed by atoms with E-state index >= 15 is 0 Å². The molecule has 4 nitrogen and oxygen atoms in total. The number of benzene rings is 3. The molecule has 0 radical (unpaired) electrons. The number of amides is 1. The maximum atomic E-state index is 13.1. The fraction of sp³-hybridized carbons (Fsp3) is 0.200. The van der Waals surface area contributed by atoms with Gasteiger partial charge in [-0.3, -0.25) is 4.79 Å². The molecule has 0 unspecified atom stereocenters. The van der Waals surface area contributed by atoms with E-state index in [9.17, 15) is 4.79 Å². The summed E-state index contributed by atoms with van der Waals surface area (Å²) in [6, 6.07) is 26.3. The summed E-state index contributed by atoms with van der Waals surface area (Å²) < 4.78 is 0. The van der Waals surface area contributed by atoms with Crippen LogP contribution in [0, 0.1) is 0 Å². The Hall–Kier alpha value is -3.40. The SMILES string of the molecule is O=C(c1ccc(-c2ccccc2)cc1)N1CCC[C@H](c2nc3ccccc3[nH]2)C1. The van der Waals surface area contributed by atoms with Crippen molar-refractivity contribution in [2.45, 2.75) is 18.8 Å².